The lowest BCUT2D eigenvalue weighted by molar-refractivity contribution is 0.380. The molecule has 1 aromatic rings. The van der Waals surface area contributed by atoms with E-state index in [2.05, 4.69) is 15.3 Å². The minimum atomic E-state index is 0.279. The Bertz CT molecular complexity index is 282. The van der Waals surface area contributed by atoms with Crippen LogP contribution < -0.4 is 10.1 Å². The van der Waals surface area contributed by atoms with Gasteiger partial charge < -0.3 is 10.1 Å². The van der Waals surface area contributed by atoms with Gasteiger partial charge in [-0.05, 0) is 0 Å². The first kappa shape index (κ1) is 10.3. The van der Waals surface area contributed by atoms with E-state index >= 15 is 0 Å². The van der Waals surface area contributed by atoms with Gasteiger partial charge in [0, 0.05) is 12.4 Å². The number of halogens is 2. The largest absolute Gasteiger partial charge is 0.467 e. The normalized spacial score (nSPS) is 9.77. The Morgan fingerprint density at radius 3 is 3.00 bits per heavy atom. The number of anilines is 1. The van der Waals surface area contributed by atoms with Crippen LogP contribution in [0.1, 0.15) is 0 Å². The molecular formula is C7H9Cl2N3O. The van der Waals surface area contributed by atoms with Gasteiger partial charge in [-0.2, -0.15) is 4.98 Å². The highest BCUT2D eigenvalue weighted by Gasteiger charge is 2.03. The highest BCUT2D eigenvalue weighted by molar-refractivity contribution is 6.32. The van der Waals surface area contributed by atoms with Crippen LogP contribution in [0.15, 0.2) is 6.20 Å². The number of hydrogen-bond donors (Lipinski definition) is 1. The molecule has 0 atom stereocenters. The van der Waals surface area contributed by atoms with Gasteiger partial charge in [0.1, 0.15) is 5.02 Å². The Labute approximate surface area is 86.2 Å². The number of rotatable bonds is 4. The van der Waals surface area contributed by atoms with Gasteiger partial charge in [0.05, 0.1) is 13.3 Å². The van der Waals surface area contributed by atoms with Crippen LogP contribution in [0, 0.1) is 0 Å². The predicted octanol–water partition coefficient (Wildman–Crippen LogP) is 1.79. The van der Waals surface area contributed by atoms with Crippen LogP contribution in [-0.2, 0) is 0 Å². The number of methoxy groups -OCH3 is 1. The first-order chi connectivity index (χ1) is 6.27. The molecule has 0 aromatic carbocycles. The molecule has 0 bridgehead atoms. The van der Waals surface area contributed by atoms with Crippen LogP contribution in [0.2, 0.25) is 5.02 Å². The summed E-state index contributed by atoms with van der Waals surface area (Å²) in [6.07, 6.45) is 1.48. The lowest BCUT2D eigenvalue weighted by atomic mass is 10.5. The summed E-state index contributed by atoms with van der Waals surface area (Å²) < 4.78 is 4.84. The van der Waals surface area contributed by atoms with Gasteiger partial charge in [-0.1, -0.05) is 11.6 Å². The second-order valence-corrected chi connectivity index (χ2v) is 2.95. The maximum Gasteiger partial charge on any atom is 0.318 e. The molecule has 1 aromatic heterocycles. The summed E-state index contributed by atoms with van der Waals surface area (Å²) in [7, 11) is 1.49. The zero-order chi connectivity index (χ0) is 9.68. The molecule has 1 heterocycles. The Morgan fingerprint density at radius 2 is 2.38 bits per heavy atom. The van der Waals surface area contributed by atoms with Gasteiger partial charge >= 0.3 is 6.01 Å². The third kappa shape index (κ3) is 2.90. The van der Waals surface area contributed by atoms with E-state index in [0.717, 1.165) is 0 Å². The Morgan fingerprint density at radius 1 is 1.62 bits per heavy atom. The molecule has 0 aliphatic heterocycles. The molecular weight excluding hydrogens is 213 g/mol. The second-order valence-electron chi connectivity index (χ2n) is 2.17. The molecule has 13 heavy (non-hydrogen) atoms. The van der Waals surface area contributed by atoms with Crippen molar-refractivity contribution in [2.45, 2.75) is 0 Å². The molecule has 0 radical (unpaired) electrons. The van der Waals surface area contributed by atoms with Gasteiger partial charge in [0.15, 0.2) is 5.82 Å². The number of aromatic nitrogens is 2. The van der Waals surface area contributed by atoms with Gasteiger partial charge in [0.2, 0.25) is 0 Å². The van der Waals surface area contributed by atoms with Crippen molar-refractivity contribution < 1.29 is 4.74 Å². The maximum atomic E-state index is 5.80. The van der Waals surface area contributed by atoms with E-state index < -0.39 is 0 Å². The van der Waals surface area contributed by atoms with Gasteiger partial charge in [-0.25, -0.2) is 4.98 Å². The molecule has 4 nitrogen and oxygen atoms in total. The smallest absolute Gasteiger partial charge is 0.318 e. The van der Waals surface area contributed by atoms with Gasteiger partial charge in [-0.3, -0.25) is 0 Å². The summed E-state index contributed by atoms with van der Waals surface area (Å²) in [6.45, 7) is 0.599. The minimum Gasteiger partial charge on any atom is -0.467 e. The van der Waals surface area contributed by atoms with Gasteiger partial charge in [-0.15, -0.1) is 11.6 Å². The van der Waals surface area contributed by atoms with Gasteiger partial charge in [0.25, 0.3) is 0 Å². The number of ether oxygens (including phenoxy) is 1. The van der Waals surface area contributed by atoms with Crippen LogP contribution in [0.3, 0.4) is 0 Å². The summed E-state index contributed by atoms with van der Waals surface area (Å²) in [5, 5.41) is 3.39. The quantitative estimate of drug-likeness (QED) is 0.789. The Balaban J connectivity index is 2.78. The summed E-state index contributed by atoms with van der Waals surface area (Å²) in [4.78, 5) is 7.82. The molecule has 0 aliphatic carbocycles. The first-order valence-corrected chi connectivity index (χ1v) is 4.55. The highest BCUT2D eigenvalue weighted by atomic mass is 35.5. The van der Waals surface area contributed by atoms with Crippen molar-refractivity contribution in [3.8, 4) is 6.01 Å². The Hall–Kier alpha value is -0.740. The molecule has 0 unspecified atom stereocenters. The SMILES string of the molecule is COc1ncc(Cl)c(NCCCl)n1. The van der Waals surface area contributed by atoms with E-state index in [-0.39, 0.29) is 6.01 Å². The molecule has 6 heteroatoms. The van der Waals surface area contributed by atoms with E-state index in [1.54, 1.807) is 0 Å². The number of hydrogen-bond acceptors (Lipinski definition) is 4. The first-order valence-electron chi connectivity index (χ1n) is 3.64. The van der Waals surface area contributed by atoms with E-state index in [1.807, 2.05) is 0 Å². The fraction of sp³-hybridized carbons (Fsp3) is 0.429. The summed E-state index contributed by atoms with van der Waals surface area (Å²) in [5.74, 6) is 1.03. The predicted molar refractivity (Wildman–Crippen MR) is 52.8 cm³/mol. The molecule has 0 saturated carbocycles. The molecule has 72 valence electrons. The fourth-order valence-electron chi connectivity index (χ4n) is 0.739. The topological polar surface area (TPSA) is 47.0 Å². The van der Waals surface area contributed by atoms with E-state index in [1.165, 1.54) is 13.3 Å². The zero-order valence-electron chi connectivity index (χ0n) is 7.05. The Kier molecular flexibility index (Phi) is 4.05. The van der Waals surface area contributed by atoms with Crippen LogP contribution in [-0.4, -0.2) is 29.5 Å². The standard InChI is InChI=1S/C7H9Cl2N3O/c1-13-7-11-4-5(9)6(12-7)10-3-2-8/h4H,2-3H2,1H3,(H,10,11,12). The van der Waals surface area contributed by atoms with Crippen molar-refractivity contribution in [1.82, 2.24) is 9.97 Å². The summed E-state index contributed by atoms with van der Waals surface area (Å²) in [6, 6.07) is 0.279. The number of alkyl halides is 1. The maximum absolute atomic E-state index is 5.80. The van der Waals surface area contributed by atoms with Crippen LogP contribution in [0.5, 0.6) is 6.01 Å². The van der Waals surface area contributed by atoms with Crippen molar-refractivity contribution >= 4 is 29.0 Å². The number of nitrogens with zero attached hydrogens (tertiary/aromatic N) is 2. The lowest BCUT2D eigenvalue weighted by Crippen LogP contribution is -2.06. The molecule has 0 fully saturated rings. The molecule has 1 N–H and O–H groups in total. The van der Waals surface area contributed by atoms with Crippen LogP contribution >= 0.6 is 23.2 Å². The van der Waals surface area contributed by atoms with Crippen LogP contribution in [0.25, 0.3) is 0 Å². The minimum absolute atomic E-state index is 0.279. The molecule has 0 aliphatic rings. The summed E-state index contributed by atoms with van der Waals surface area (Å²) in [5.41, 5.74) is 0. The van der Waals surface area contributed by atoms with E-state index in [4.69, 9.17) is 27.9 Å². The van der Waals surface area contributed by atoms with Crippen molar-refractivity contribution in [3.63, 3.8) is 0 Å². The zero-order valence-corrected chi connectivity index (χ0v) is 8.56. The molecule has 0 spiro atoms. The average Bonchev–Trinajstić information content (AvgIpc) is 2.17. The lowest BCUT2D eigenvalue weighted by Gasteiger charge is -2.05. The summed E-state index contributed by atoms with van der Waals surface area (Å²) >= 11 is 11.3. The van der Waals surface area contributed by atoms with Crippen LogP contribution in [0.4, 0.5) is 5.82 Å². The van der Waals surface area contributed by atoms with Crippen molar-refractivity contribution in [2.24, 2.45) is 0 Å². The third-order valence-electron chi connectivity index (χ3n) is 1.29. The molecule has 0 saturated heterocycles. The number of nitrogens with one attached hydrogen (secondary N) is 1. The highest BCUT2D eigenvalue weighted by Crippen LogP contribution is 2.19. The van der Waals surface area contributed by atoms with Crippen molar-refractivity contribution in [3.05, 3.63) is 11.2 Å². The van der Waals surface area contributed by atoms with E-state index in [0.29, 0.717) is 23.3 Å². The second kappa shape index (κ2) is 5.09. The fourth-order valence-corrected chi connectivity index (χ4v) is 0.991. The molecule has 1 rings (SSSR count). The average molecular weight is 222 g/mol. The van der Waals surface area contributed by atoms with Crippen molar-refractivity contribution in [1.29, 1.82) is 0 Å². The van der Waals surface area contributed by atoms with Crippen molar-refractivity contribution in [2.75, 3.05) is 24.9 Å². The monoisotopic (exact) mass is 221 g/mol. The third-order valence-corrected chi connectivity index (χ3v) is 1.76. The molecule has 0 amide bonds. The van der Waals surface area contributed by atoms with E-state index in [9.17, 15) is 0 Å².